The van der Waals surface area contributed by atoms with E-state index in [1.54, 1.807) is 0 Å². The first kappa shape index (κ1) is 14.0. The molecule has 100 valence electrons. The van der Waals surface area contributed by atoms with Crippen LogP contribution in [0.5, 0.6) is 0 Å². The smallest absolute Gasteiger partial charge is 0.0323 e. The number of benzene rings is 1. The minimum Gasteiger partial charge on any atom is -0.310 e. The summed E-state index contributed by atoms with van der Waals surface area (Å²) >= 11 is 3.52. The summed E-state index contributed by atoms with van der Waals surface area (Å²) in [6, 6.07) is 9.13. The van der Waals surface area contributed by atoms with E-state index in [1.807, 2.05) is 0 Å². The molecule has 1 saturated heterocycles. The molecule has 0 spiro atoms. The molecule has 1 aliphatic heterocycles. The fraction of sp³-hybridized carbons (Fsp3) is 0.571. The van der Waals surface area contributed by atoms with Crippen LogP contribution in [0.2, 0.25) is 0 Å². The monoisotopic (exact) mass is 311 g/mol. The van der Waals surface area contributed by atoms with Crippen LogP contribution < -0.4 is 5.32 Å². The number of likely N-dealkylation sites (N-methyl/N-ethyl adjacent to an activating group) is 2. The Bertz CT molecular complexity index is 383. The highest BCUT2D eigenvalue weighted by Crippen LogP contribution is 2.13. The Morgan fingerprint density at radius 3 is 3.06 bits per heavy atom. The van der Waals surface area contributed by atoms with Crippen molar-refractivity contribution >= 4 is 15.9 Å². The molecule has 0 amide bonds. The Kier molecular flexibility index (Phi) is 5.18. The highest BCUT2D eigenvalue weighted by molar-refractivity contribution is 9.10. The summed E-state index contributed by atoms with van der Waals surface area (Å²) in [4.78, 5) is 4.78. The zero-order valence-corrected chi connectivity index (χ0v) is 12.8. The Morgan fingerprint density at radius 1 is 1.50 bits per heavy atom. The molecule has 1 aromatic rings. The summed E-state index contributed by atoms with van der Waals surface area (Å²) in [5, 5.41) is 3.58. The Morgan fingerprint density at radius 2 is 2.33 bits per heavy atom. The molecule has 0 aliphatic carbocycles. The zero-order valence-electron chi connectivity index (χ0n) is 11.2. The van der Waals surface area contributed by atoms with Crippen molar-refractivity contribution in [1.82, 2.24) is 15.1 Å². The number of hydrogen-bond acceptors (Lipinski definition) is 3. The minimum absolute atomic E-state index is 0.584. The lowest BCUT2D eigenvalue weighted by Gasteiger charge is -2.33. The van der Waals surface area contributed by atoms with Crippen molar-refractivity contribution < 1.29 is 0 Å². The summed E-state index contributed by atoms with van der Waals surface area (Å²) in [7, 11) is 4.39. The summed E-state index contributed by atoms with van der Waals surface area (Å²) in [6.45, 7) is 5.50. The van der Waals surface area contributed by atoms with Gasteiger partial charge in [-0.25, -0.2) is 0 Å². The highest BCUT2D eigenvalue weighted by atomic mass is 79.9. The predicted molar refractivity (Wildman–Crippen MR) is 79.8 cm³/mol. The van der Waals surface area contributed by atoms with Gasteiger partial charge in [-0.2, -0.15) is 0 Å². The van der Waals surface area contributed by atoms with E-state index in [1.165, 1.54) is 5.56 Å². The molecular weight excluding hydrogens is 290 g/mol. The third kappa shape index (κ3) is 4.35. The fourth-order valence-corrected chi connectivity index (χ4v) is 2.95. The van der Waals surface area contributed by atoms with Crippen molar-refractivity contribution in [2.75, 3.05) is 40.3 Å². The van der Waals surface area contributed by atoms with Crippen molar-refractivity contribution in [3.05, 3.63) is 34.3 Å². The number of hydrogen-bond donors (Lipinski definition) is 1. The van der Waals surface area contributed by atoms with Crippen LogP contribution in [-0.2, 0) is 6.54 Å². The van der Waals surface area contributed by atoms with Crippen molar-refractivity contribution in [2.45, 2.75) is 12.6 Å². The summed E-state index contributed by atoms with van der Waals surface area (Å²) in [5.41, 5.74) is 1.36. The SMILES string of the molecule is CN1CCNC(CN(C)Cc2cccc(Br)c2)C1. The molecule has 1 unspecified atom stereocenters. The summed E-state index contributed by atoms with van der Waals surface area (Å²) in [5.74, 6) is 0. The Balaban J connectivity index is 1.82. The van der Waals surface area contributed by atoms with E-state index in [9.17, 15) is 0 Å². The molecule has 1 fully saturated rings. The first-order valence-electron chi connectivity index (χ1n) is 6.48. The molecule has 1 heterocycles. The normalized spacial score (nSPS) is 21.4. The number of rotatable bonds is 4. The lowest BCUT2D eigenvalue weighted by atomic mass is 10.2. The molecule has 0 bridgehead atoms. The van der Waals surface area contributed by atoms with Gasteiger partial charge in [-0.3, -0.25) is 0 Å². The van der Waals surface area contributed by atoms with Gasteiger partial charge in [0.15, 0.2) is 0 Å². The van der Waals surface area contributed by atoms with Gasteiger partial charge < -0.3 is 15.1 Å². The molecule has 3 nitrogen and oxygen atoms in total. The molecule has 0 aromatic heterocycles. The number of piperazine rings is 1. The molecular formula is C14H22BrN3. The molecule has 1 aromatic carbocycles. The van der Waals surface area contributed by atoms with Crippen molar-refractivity contribution in [2.24, 2.45) is 0 Å². The molecule has 18 heavy (non-hydrogen) atoms. The van der Waals surface area contributed by atoms with Crippen LogP contribution in [0.4, 0.5) is 0 Å². The van der Waals surface area contributed by atoms with Gasteiger partial charge in [0.25, 0.3) is 0 Å². The standard InChI is InChI=1S/C14H22BrN3/c1-17-7-6-16-14(10-17)11-18(2)9-12-4-3-5-13(15)8-12/h3-5,8,14,16H,6-7,9-11H2,1-2H3. The lowest BCUT2D eigenvalue weighted by molar-refractivity contribution is 0.192. The van der Waals surface area contributed by atoms with Gasteiger partial charge in [0.05, 0.1) is 0 Å². The lowest BCUT2D eigenvalue weighted by Crippen LogP contribution is -2.53. The van der Waals surface area contributed by atoms with Crippen molar-refractivity contribution in [3.8, 4) is 0 Å². The van der Waals surface area contributed by atoms with E-state index < -0.39 is 0 Å². The maximum Gasteiger partial charge on any atom is 0.0323 e. The second kappa shape index (κ2) is 6.66. The molecule has 4 heteroatoms. The fourth-order valence-electron chi connectivity index (χ4n) is 2.50. The second-order valence-electron chi connectivity index (χ2n) is 5.24. The van der Waals surface area contributed by atoms with Crippen LogP contribution in [-0.4, -0.2) is 56.1 Å². The number of halogens is 1. The zero-order chi connectivity index (χ0) is 13.0. The van der Waals surface area contributed by atoms with Gasteiger partial charge in [-0.15, -0.1) is 0 Å². The molecule has 1 atom stereocenters. The van der Waals surface area contributed by atoms with Crippen LogP contribution in [0, 0.1) is 0 Å². The highest BCUT2D eigenvalue weighted by Gasteiger charge is 2.17. The average Bonchev–Trinajstić information content (AvgIpc) is 2.28. The Hall–Kier alpha value is -0.420. The van der Waals surface area contributed by atoms with E-state index in [-0.39, 0.29) is 0 Å². The van der Waals surface area contributed by atoms with Crippen molar-refractivity contribution in [3.63, 3.8) is 0 Å². The van der Waals surface area contributed by atoms with Crippen LogP contribution in [0.25, 0.3) is 0 Å². The van der Waals surface area contributed by atoms with E-state index in [0.717, 1.165) is 37.2 Å². The summed E-state index contributed by atoms with van der Waals surface area (Å²) in [6.07, 6.45) is 0. The topological polar surface area (TPSA) is 18.5 Å². The third-order valence-electron chi connectivity index (χ3n) is 3.33. The van der Waals surface area contributed by atoms with Gasteiger partial charge >= 0.3 is 0 Å². The first-order chi connectivity index (χ1) is 8.63. The van der Waals surface area contributed by atoms with Crippen LogP contribution in [0.15, 0.2) is 28.7 Å². The average molecular weight is 312 g/mol. The summed E-state index contributed by atoms with van der Waals surface area (Å²) < 4.78 is 1.16. The van der Waals surface area contributed by atoms with Gasteiger partial charge in [-0.1, -0.05) is 28.1 Å². The third-order valence-corrected chi connectivity index (χ3v) is 3.83. The Labute approximate surface area is 118 Å². The maximum atomic E-state index is 3.58. The van der Waals surface area contributed by atoms with E-state index >= 15 is 0 Å². The van der Waals surface area contributed by atoms with E-state index in [2.05, 4.69) is 69.4 Å². The minimum atomic E-state index is 0.584. The number of nitrogens with one attached hydrogen (secondary N) is 1. The molecule has 0 radical (unpaired) electrons. The maximum absolute atomic E-state index is 3.58. The van der Waals surface area contributed by atoms with Gasteiger partial charge in [0, 0.05) is 43.2 Å². The van der Waals surface area contributed by atoms with Gasteiger partial charge in [0.1, 0.15) is 0 Å². The molecule has 1 aliphatic rings. The quantitative estimate of drug-likeness (QED) is 0.914. The predicted octanol–water partition coefficient (Wildman–Crippen LogP) is 1.78. The van der Waals surface area contributed by atoms with Gasteiger partial charge in [0.2, 0.25) is 0 Å². The molecule has 1 N–H and O–H groups in total. The number of nitrogens with zero attached hydrogens (tertiary/aromatic N) is 2. The van der Waals surface area contributed by atoms with Gasteiger partial charge in [-0.05, 0) is 31.8 Å². The second-order valence-corrected chi connectivity index (χ2v) is 6.16. The van der Waals surface area contributed by atoms with E-state index in [4.69, 9.17) is 0 Å². The van der Waals surface area contributed by atoms with E-state index in [0.29, 0.717) is 6.04 Å². The largest absolute Gasteiger partial charge is 0.310 e. The first-order valence-corrected chi connectivity index (χ1v) is 7.27. The molecule has 0 saturated carbocycles. The van der Waals surface area contributed by atoms with Crippen LogP contribution >= 0.6 is 15.9 Å². The molecule has 2 rings (SSSR count). The van der Waals surface area contributed by atoms with Crippen LogP contribution in [0.1, 0.15) is 5.56 Å². The van der Waals surface area contributed by atoms with Crippen molar-refractivity contribution in [1.29, 1.82) is 0 Å². The van der Waals surface area contributed by atoms with Crippen LogP contribution in [0.3, 0.4) is 0 Å².